The molecule has 0 aromatic heterocycles. The molecule has 0 spiro atoms. The number of alkyl halides is 3. The Morgan fingerprint density at radius 1 is 1.33 bits per heavy atom. The van der Waals surface area contributed by atoms with Crippen LogP contribution in [0.5, 0.6) is 5.75 Å². The number of nitrogens with zero attached hydrogens (tertiary/aromatic N) is 1. The van der Waals surface area contributed by atoms with Gasteiger partial charge >= 0.3 is 6.18 Å². The van der Waals surface area contributed by atoms with Crippen molar-refractivity contribution in [2.75, 3.05) is 18.5 Å². The molecule has 2 nitrogen and oxygen atoms in total. The molecule has 1 heterocycles. The number of rotatable bonds is 0. The highest BCUT2D eigenvalue weighted by Crippen LogP contribution is 2.45. The Morgan fingerprint density at radius 2 is 1.94 bits per heavy atom. The Bertz CT molecular complexity index is 485. The van der Waals surface area contributed by atoms with Crippen LogP contribution in [0.2, 0.25) is 0 Å². The van der Waals surface area contributed by atoms with E-state index in [-0.39, 0.29) is 5.75 Å². The summed E-state index contributed by atoms with van der Waals surface area (Å²) in [6.07, 6.45) is -4.37. The van der Waals surface area contributed by atoms with Crippen molar-refractivity contribution in [3.8, 4) is 5.75 Å². The summed E-state index contributed by atoms with van der Waals surface area (Å²) in [5.41, 5.74) is -0.563. The molecule has 0 saturated carbocycles. The number of likely N-dealkylation sites (N-methyl/N-ethyl adjacent to an activating group) is 1. The highest BCUT2D eigenvalue weighted by atomic mass is 79.9. The summed E-state index contributed by atoms with van der Waals surface area (Å²) in [5, 5.41) is 0. The first-order chi connectivity index (χ1) is 8.10. The zero-order chi connectivity index (χ0) is 13.7. The number of benzene rings is 1. The van der Waals surface area contributed by atoms with E-state index in [9.17, 15) is 13.2 Å². The second-order valence-corrected chi connectivity index (χ2v) is 5.87. The van der Waals surface area contributed by atoms with E-state index >= 15 is 0 Å². The van der Waals surface area contributed by atoms with E-state index in [1.54, 1.807) is 0 Å². The second kappa shape index (κ2) is 4.05. The molecule has 0 fully saturated rings. The van der Waals surface area contributed by atoms with Crippen LogP contribution in [0.25, 0.3) is 0 Å². The van der Waals surface area contributed by atoms with Crippen molar-refractivity contribution in [1.29, 1.82) is 0 Å². The maximum atomic E-state index is 12.7. The molecule has 100 valence electrons. The Labute approximate surface area is 112 Å². The summed E-state index contributed by atoms with van der Waals surface area (Å²) >= 11 is 3.18. The lowest BCUT2D eigenvalue weighted by atomic mass is 10.0. The molecule has 0 radical (unpaired) electrons. The number of ether oxygens (including phenoxy) is 1. The summed E-state index contributed by atoms with van der Waals surface area (Å²) in [5.74, 6) is 0.260. The maximum absolute atomic E-state index is 12.7. The molecule has 1 aromatic rings. The molecule has 0 amide bonds. The van der Waals surface area contributed by atoms with Gasteiger partial charge in [-0.2, -0.15) is 13.2 Å². The summed E-state index contributed by atoms with van der Waals surface area (Å²) in [4.78, 5) is 1.89. The Hall–Kier alpha value is -0.910. The number of anilines is 1. The van der Waals surface area contributed by atoms with Crippen LogP contribution in [0.4, 0.5) is 18.9 Å². The fourth-order valence-electron chi connectivity index (χ4n) is 2.17. The molecule has 1 aliphatic heterocycles. The SMILES string of the molecule is CN1CC(C)(C)Oc2cc(C(F)(F)F)cc(Br)c21. The van der Waals surface area contributed by atoms with Gasteiger partial charge in [0.25, 0.3) is 0 Å². The van der Waals surface area contributed by atoms with Gasteiger partial charge in [-0.15, -0.1) is 0 Å². The van der Waals surface area contributed by atoms with Crippen molar-refractivity contribution in [3.05, 3.63) is 22.2 Å². The molecule has 1 aromatic carbocycles. The van der Waals surface area contributed by atoms with E-state index in [0.717, 1.165) is 12.1 Å². The average molecular weight is 324 g/mol. The van der Waals surface area contributed by atoms with E-state index in [1.807, 2.05) is 25.8 Å². The van der Waals surface area contributed by atoms with E-state index in [1.165, 1.54) is 0 Å². The minimum atomic E-state index is -4.37. The number of halogens is 4. The summed E-state index contributed by atoms with van der Waals surface area (Å²) in [6.45, 7) is 4.31. The largest absolute Gasteiger partial charge is 0.484 e. The average Bonchev–Trinajstić information content (AvgIpc) is 2.11. The first-order valence-corrected chi connectivity index (χ1v) is 6.20. The quantitative estimate of drug-likeness (QED) is 0.713. The standard InChI is InChI=1S/C12H13BrF3NO/c1-11(2)6-17(3)10-8(13)4-7(12(14,15)16)5-9(10)18-11/h4-5H,6H2,1-3H3. The Balaban J connectivity index is 2.56. The highest BCUT2D eigenvalue weighted by molar-refractivity contribution is 9.10. The van der Waals surface area contributed by atoms with E-state index in [0.29, 0.717) is 16.7 Å². The van der Waals surface area contributed by atoms with Gasteiger partial charge in [-0.05, 0) is 41.9 Å². The highest BCUT2D eigenvalue weighted by Gasteiger charge is 2.36. The Kier molecular flexibility index (Phi) is 3.04. The normalized spacial score (nSPS) is 18.3. The maximum Gasteiger partial charge on any atom is 0.416 e. The van der Waals surface area contributed by atoms with Crippen LogP contribution < -0.4 is 9.64 Å². The Morgan fingerprint density at radius 3 is 2.50 bits per heavy atom. The zero-order valence-electron chi connectivity index (χ0n) is 10.2. The smallest absolute Gasteiger partial charge is 0.416 e. The van der Waals surface area contributed by atoms with Crippen LogP contribution in [-0.4, -0.2) is 19.2 Å². The minimum absolute atomic E-state index is 0.260. The lowest BCUT2D eigenvalue weighted by Gasteiger charge is -2.39. The van der Waals surface area contributed by atoms with Gasteiger partial charge in [-0.1, -0.05) is 0 Å². The number of hydrogen-bond donors (Lipinski definition) is 0. The van der Waals surface area contributed by atoms with E-state index in [2.05, 4.69) is 15.9 Å². The monoisotopic (exact) mass is 323 g/mol. The van der Waals surface area contributed by atoms with Crippen molar-refractivity contribution in [2.24, 2.45) is 0 Å². The molecule has 0 N–H and O–H groups in total. The molecule has 0 aliphatic carbocycles. The minimum Gasteiger partial charge on any atom is -0.484 e. The first kappa shape index (κ1) is 13.5. The van der Waals surface area contributed by atoms with Crippen molar-refractivity contribution in [2.45, 2.75) is 25.6 Å². The third-order valence-electron chi connectivity index (χ3n) is 2.74. The van der Waals surface area contributed by atoms with Crippen molar-refractivity contribution >= 4 is 21.6 Å². The summed E-state index contributed by atoms with van der Waals surface area (Å²) in [7, 11) is 1.83. The van der Waals surface area contributed by atoms with Gasteiger partial charge in [0, 0.05) is 11.5 Å². The second-order valence-electron chi connectivity index (χ2n) is 5.02. The molecule has 0 unspecified atom stereocenters. The van der Waals surface area contributed by atoms with Crippen LogP contribution in [0, 0.1) is 0 Å². The van der Waals surface area contributed by atoms with Gasteiger partial charge in [0.1, 0.15) is 11.4 Å². The zero-order valence-corrected chi connectivity index (χ0v) is 11.8. The molecule has 6 heteroatoms. The van der Waals surface area contributed by atoms with Gasteiger partial charge in [0.15, 0.2) is 0 Å². The summed E-state index contributed by atoms with van der Waals surface area (Å²) < 4.78 is 44.2. The number of fused-ring (bicyclic) bond motifs is 1. The third kappa shape index (κ3) is 2.43. The molecule has 2 rings (SSSR count). The van der Waals surface area contributed by atoms with Crippen molar-refractivity contribution in [3.63, 3.8) is 0 Å². The van der Waals surface area contributed by atoms with Crippen LogP contribution in [0.1, 0.15) is 19.4 Å². The van der Waals surface area contributed by atoms with Crippen LogP contribution >= 0.6 is 15.9 Å². The van der Waals surface area contributed by atoms with Gasteiger partial charge in [0.2, 0.25) is 0 Å². The first-order valence-electron chi connectivity index (χ1n) is 5.41. The molecule has 1 aliphatic rings. The molecule has 0 bridgehead atoms. The van der Waals surface area contributed by atoms with Gasteiger partial charge < -0.3 is 9.64 Å². The molecule has 0 saturated heterocycles. The molecular weight excluding hydrogens is 311 g/mol. The molecular formula is C12H13BrF3NO. The fraction of sp³-hybridized carbons (Fsp3) is 0.500. The van der Waals surface area contributed by atoms with Crippen LogP contribution in [0.3, 0.4) is 0 Å². The van der Waals surface area contributed by atoms with Gasteiger partial charge in [0.05, 0.1) is 17.8 Å². The van der Waals surface area contributed by atoms with Crippen molar-refractivity contribution < 1.29 is 17.9 Å². The molecule has 18 heavy (non-hydrogen) atoms. The number of hydrogen-bond acceptors (Lipinski definition) is 2. The van der Waals surface area contributed by atoms with E-state index in [4.69, 9.17) is 4.74 Å². The predicted octanol–water partition coefficient (Wildman–Crippen LogP) is 4.08. The fourth-order valence-corrected chi connectivity index (χ4v) is 2.91. The van der Waals surface area contributed by atoms with Gasteiger partial charge in [-0.3, -0.25) is 0 Å². The van der Waals surface area contributed by atoms with Crippen LogP contribution in [-0.2, 0) is 6.18 Å². The van der Waals surface area contributed by atoms with Crippen LogP contribution in [0.15, 0.2) is 16.6 Å². The predicted molar refractivity (Wildman–Crippen MR) is 67.1 cm³/mol. The topological polar surface area (TPSA) is 12.5 Å². The van der Waals surface area contributed by atoms with Gasteiger partial charge in [-0.25, -0.2) is 0 Å². The lowest BCUT2D eigenvalue weighted by molar-refractivity contribution is -0.137. The lowest BCUT2D eigenvalue weighted by Crippen LogP contribution is -2.45. The molecule has 0 atom stereocenters. The third-order valence-corrected chi connectivity index (χ3v) is 3.35. The summed E-state index contributed by atoms with van der Waals surface area (Å²) in [6, 6.07) is 2.13. The van der Waals surface area contributed by atoms with Crippen molar-refractivity contribution in [1.82, 2.24) is 0 Å². The van der Waals surface area contributed by atoms with E-state index < -0.39 is 17.3 Å².